The van der Waals surface area contributed by atoms with Crippen molar-refractivity contribution in [2.45, 2.75) is 83.3 Å². The third kappa shape index (κ3) is 6.47. The minimum absolute atomic E-state index is 0.0201. The Hall–Kier alpha value is -4.42. The summed E-state index contributed by atoms with van der Waals surface area (Å²) in [6.07, 6.45) is 11.6. The van der Waals surface area contributed by atoms with Crippen molar-refractivity contribution in [1.82, 2.24) is 28.9 Å². The van der Waals surface area contributed by atoms with E-state index in [0.29, 0.717) is 18.0 Å². The maximum atomic E-state index is 14.6. The minimum atomic E-state index is -3.81. The molecule has 3 fully saturated rings. The van der Waals surface area contributed by atoms with Crippen LogP contribution in [0.25, 0.3) is 33.8 Å². The molecule has 4 aliphatic rings. The smallest absolute Gasteiger partial charge is 0.264 e. The molecule has 1 aliphatic carbocycles. The van der Waals surface area contributed by atoms with Gasteiger partial charge in [-0.3, -0.25) is 14.3 Å². The highest BCUT2D eigenvalue weighted by molar-refractivity contribution is 7.90. The number of likely N-dealkylation sites (tertiary alicyclic amines) is 1. The Morgan fingerprint density at radius 3 is 2.40 bits per heavy atom. The average Bonchev–Trinajstić information content (AvgIpc) is 3.71. The van der Waals surface area contributed by atoms with Crippen LogP contribution in [0.5, 0.6) is 5.75 Å². The second-order valence-corrected chi connectivity index (χ2v) is 17.8. The van der Waals surface area contributed by atoms with E-state index in [1.54, 1.807) is 19.4 Å². The van der Waals surface area contributed by atoms with Crippen molar-refractivity contribution in [3.05, 3.63) is 70.5 Å². The molecule has 2 saturated heterocycles. The number of likely N-dealkylation sites (N-methyl/N-ethyl adjacent to an activating group) is 1. The van der Waals surface area contributed by atoms with Crippen molar-refractivity contribution in [1.29, 1.82) is 0 Å². The molecule has 2 amide bonds. The van der Waals surface area contributed by atoms with E-state index < -0.39 is 15.9 Å². The Kier molecular flexibility index (Phi) is 9.25. The number of sulfonamides is 1. The van der Waals surface area contributed by atoms with Gasteiger partial charge in [0, 0.05) is 54.3 Å². The maximum Gasteiger partial charge on any atom is 0.264 e. The number of ether oxygens (including phenoxy) is 1. The summed E-state index contributed by atoms with van der Waals surface area (Å²) in [7, 11) is 1.88. The molecule has 2 bridgehead atoms. The first kappa shape index (κ1) is 35.6. The van der Waals surface area contributed by atoms with Crippen LogP contribution < -0.4 is 9.46 Å². The molecule has 1 saturated carbocycles. The van der Waals surface area contributed by atoms with Gasteiger partial charge in [0.1, 0.15) is 5.75 Å². The number of carbonyl (C=O) groups excluding carboxylic acids is 2. The van der Waals surface area contributed by atoms with Crippen molar-refractivity contribution in [3.63, 3.8) is 0 Å². The van der Waals surface area contributed by atoms with E-state index in [1.807, 2.05) is 43.8 Å². The van der Waals surface area contributed by atoms with Crippen molar-refractivity contribution >= 4 is 44.4 Å². The zero-order chi connectivity index (χ0) is 37.2. The van der Waals surface area contributed by atoms with Gasteiger partial charge in [0.25, 0.3) is 11.8 Å². The van der Waals surface area contributed by atoms with Crippen molar-refractivity contribution in [2.24, 2.45) is 13.0 Å². The Balaban J connectivity index is 1.30. The summed E-state index contributed by atoms with van der Waals surface area (Å²) < 4.78 is 37.8. The molecule has 2 aromatic carbocycles. The lowest BCUT2D eigenvalue weighted by molar-refractivity contribution is 0.0472. The van der Waals surface area contributed by atoms with Gasteiger partial charge in [0.15, 0.2) is 0 Å². The highest BCUT2D eigenvalue weighted by Gasteiger charge is 2.43. The fourth-order valence-corrected chi connectivity index (χ4v) is 10.9. The number of aromatic nitrogens is 3. The van der Waals surface area contributed by atoms with Crippen LogP contribution in [0.4, 0.5) is 0 Å². The van der Waals surface area contributed by atoms with E-state index in [-0.39, 0.29) is 35.2 Å². The van der Waals surface area contributed by atoms with Gasteiger partial charge in [-0.15, -0.1) is 0 Å². The number of hydrogen-bond acceptors (Lipinski definition) is 7. The molecule has 3 aliphatic heterocycles. The zero-order valence-corrected chi connectivity index (χ0v) is 32.2. The molecule has 5 heterocycles. The van der Waals surface area contributed by atoms with Crippen LogP contribution >= 0.6 is 0 Å². The van der Waals surface area contributed by atoms with Gasteiger partial charge in [0.2, 0.25) is 10.0 Å². The monoisotopic (exact) mass is 738 g/mol. The number of piperazine rings is 1. The average molecular weight is 739 g/mol. The fraction of sp³-hybridized carbons (Fsp3) is 0.488. The number of rotatable bonds is 8. The van der Waals surface area contributed by atoms with Crippen LogP contribution in [0.2, 0.25) is 0 Å². The molecule has 280 valence electrons. The number of benzene rings is 2. The lowest BCUT2D eigenvalue weighted by Gasteiger charge is -2.39. The summed E-state index contributed by atoms with van der Waals surface area (Å²) in [5.74, 6) is 0.182. The Morgan fingerprint density at radius 2 is 1.70 bits per heavy atom. The van der Waals surface area contributed by atoms with Crippen LogP contribution in [0.1, 0.15) is 102 Å². The minimum Gasteiger partial charge on any atom is -0.497 e. The van der Waals surface area contributed by atoms with Crippen molar-refractivity contribution in [2.75, 3.05) is 33.0 Å². The maximum absolute atomic E-state index is 14.6. The molecular weight excluding hydrogens is 689 g/mol. The summed E-state index contributed by atoms with van der Waals surface area (Å²) in [6.45, 7) is 5.78. The number of fused-ring (bicyclic) bond motifs is 7. The second kappa shape index (κ2) is 13.8. The fourth-order valence-electron chi connectivity index (χ4n) is 9.57. The summed E-state index contributed by atoms with van der Waals surface area (Å²) >= 11 is 0. The summed E-state index contributed by atoms with van der Waals surface area (Å²) in [4.78, 5) is 32.5. The Morgan fingerprint density at radius 1 is 0.962 bits per heavy atom. The van der Waals surface area contributed by atoms with Gasteiger partial charge in [0.05, 0.1) is 42.6 Å². The largest absolute Gasteiger partial charge is 0.497 e. The van der Waals surface area contributed by atoms with Gasteiger partial charge in [-0.1, -0.05) is 39.2 Å². The first-order valence-electron chi connectivity index (χ1n) is 19.1. The number of hydrogen-bond donors (Lipinski definition) is 1. The van der Waals surface area contributed by atoms with Crippen molar-refractivity contribution < 1.29 is 22.7 Å². The molecule has 2 atom stereocenters. The van der Waals surface area contributed by atoms with Crippen LogP contribution in [0.3, 0.4) is 0 Å². The highest BCUT2D eigenvalue weighted by atomic mass is 32.2. The van der Waals surface area contributed by atoms with Crippen molar-refractivity contribution in [3.8, 4) is 17.0 Å². The lowest BCUT2D eigenvalue weighted by atomic mass is 9.81. The molecule has 1 N–H and O–H groups in total. The second-order valence-electron chi connectivity index (χ2n) is 16.0. The van der Waals surface area contributed by atoms with Crippen LogP contribution in [0.15, 0.2) is 42.6 Å². The van der Waals surface area contributed by atoms with E-state index in [0.717, 1.165) is 96.4 Å². The molecule has 12 heteroatoms. The molecular formula is C41H50N6O5S. The zero-order valence-electron chi connectivity index (χ0n) is 31.4. The number of aryl methyl sites for hydroxylation is 1. The molecule has 4 aromatic rings. The number of nitrogens with one attached hydrogen (secondary N) is 1. The van der Waals surface area contributed by atoms with Gasteiger partial charge >= 0.3 is 0 Å². The standard InChI is InChI=1S/C41H50N6O5S/c1-25(2)24-53(50,51)43-40(48)27-11-15-34-36(19-27)46-21-29(38-35(20-42-45(38)4)41(49)47-30-12-13-31(47)23-44(3)22-30)17-28-18-32(52-5)14-16-33(28)39(46)37(34)26-9-7-6-8-10-26/h11,14-20,25-26,30-31H,6-10,12-13,21-24H2,1-5H3,(H,43,48). The summed E-state index contributed by atoms with van der Waals surface area (Å²) in [5, 5.41) is 5.74. The Bertz CT molecular complexity index is 2230. The number of methoxy groups -OCH3 is 1. The normalized spacial score (nSPS) is 20.6. The molecule has 2 unspecified atom stereocenters. The predicted octanol–water partition coefficient (Wildman–Crippen LogP) is 6.29. The topological polar surface area (TPSA) is 119 Å². The predicted molar refractivity (Wildman–Crippen MR) is 207 cm³/mol. The number of allylic oxidation sites excluding steroid dienone is 1. The molecule has 53 heavy (non-hydrogen) atoms. The molecule has 0 spiro atoms. The van der Waals surface area contributed by atoms with Gasteiger partial charge in [-0.2, -0.15) is 5.10 Å². The van der Waals surface area contributed by atoms with Crippen LogP contribution in [-0.4, -0.2) is 89.5 Å². The first-order chi connectivity index (χ1) is 25.4. The van der Waals surface area contributed by atoms with E-state index in [1.165, 1.54) is 12.0 Å². The summed E-state index contributed by atoms with van der Waals surface area (Å²) in [5.41, 5.74) is 7.80. The highest BCUT2D eigenvalue weighted by Crippen LogP contribution is 2.48. The van der Waals surface area contributed by atoms with E-state index in [2.05, 4.69) is 49.4 Å². The third-order valence-electron chi connectivity index (χ3n) is 11.7. The van der Waals surface area contributed by atoms with Gasteiger partial charge < -0.3 is 19.1 Å². The molecule has 11 nitrogen and oxygen atoms in total. The third-order valence-corrected chi connectivity index (χ3v) is 13.3. The number of nitrogens with zero attached hydrogens (tertiary/aromatic N) is 5. The van der Waals surface area contributed by atoms with E-state index in [4.69, 9.17) is 4.74 Å². The lowest BCUT2D eigenvalue weighted by Crippen LogP contribution is -2.54. The first-order valence-corrected chi connectivity index (χ1v) is 20.7. The van der Waals surface area contributed by atoms with Gasteiger partial charge in [-0.25, -0.2) is 13.1 Å². The van der Waals surface area contributed by atoms with Crippen LogP contribution in [-0.2, 0) is 23.6 Å². The number of amides is 2. The number of carbonyl (C=O) groups is 2. The molecule has 0 radical (unpaired) electrons. The van der Waals surface area contributed by atoms with E-state index >= 15 is 0 Å². The summed E-state index contributed by atoms with van der Waals surface area (Å²) in [6, 6.07) is 12.1. The van der Waals surface area contributed by atoms with E-state index in [9.17, 15) is 18.0 Å². The van der Waals surface area contributed by atoms with Crippen LogP contribution in [0, 0.1) is 5.92 Å². The Labute approximate surface area is 312 Å². The van der Waals surface area contributed by atoms with Gasteiger partial charge in [-0.05, 0) is 97.7 Å². The quantitative estimate of drug-likeness (QED) is 0.226. The SMILES string of the molecule is COc1ccc2c(c1)C=C(c1c(C(=O)N3C4CCC3CN(C)C4)cnn1C)Cn1c-2c(C2CCCCC2)c2ccc(C(=O)NS(=O)(=O)CC(C)C)cc21. The molecule has 2 aromatic heterocycles. The molecule has 8 rings (SSSR count).